The monoisotopic (exact) mass is 294 g/mol. The summed E-state index contributed by atoms with van der Waals surface area (Å²) >= 11 is 1.33. The third-order valence-electron chi connectivity index (χ3n) is 2.77. The number of aromatic nitrogens is 1. The summed E-state index contributed by atoms with van der Waals surface area (Å²) in [6, 6.07) is 5.93. The van der Waals surface area contributed by atoms with Gasteiger partial charge >= 0.3 is 0 Å². The third-order valence-corrected chi connectivity index (χ3v) is 3.88. The summed E-state index contributed by atoms with van der Waals surface area (Å²) in [5.41, 5.74) is 2.13. The Bertz CT molecular complexity index is 602. The smallest absolute Gasteiger partial charge is 0.159 e. The van der Waals surface area contributed by atoms with Crippen LogP contribution in [0.4, 0.5) is 8.78 Å². The van der Waals surface area contributed by atoms with Gasteiger partial charge in [-0.1, -0.05) is 24.8 Å². The minimum atomic E-state index is -0.837. The van der Waals surface area contributed by atoms with Crippen LogP contribution in [-0.2, 0) is 6.54 Å². The van der Waals surface area contributed by atoms with Gasteiger partial charge in [0.15, 0.2) is 11.6 Å². The van der Waals surface area contributed by atoms with Crippen LogP contribution in [-0.4, -0.2) is 11.5 Å². The van der Waals surface area contributed by atoms with E-state index >= 15 is 0 Å². The summed E-state index contributed by atoms with van der Waals surface area (Å²) in [5, 5.41) is 4.04. The predicted molar refractivity (Wildman–Crippen MR) is 76.8 cm³/mol. The highest BCUT2D eigenvalue weighted by Crippen LogP contribution is 2.29. The van der Waals surface area contributed by atoms with Crippen molar-refractivity contribution in [3.05, 3.63) is 53.2 Å². The molecule has 0 saturated heterocycles. The van der Waals surface area contributed by atoms with E-state index in [0.717, 1.165) is 35.3 Å². The SMILES string of the molecule is CCNCc1cnc(Sc2ccc(F)c(F)c2)c(C)c1. The second-order valence-corrected chi connectivity index (χ2v) is 5.49. The summed E-state index contributed by atoms with van der Waals surface area (Å²) in [4.78, 5) is 5.02. The average Bonchev–Trinajstić information content (AvgIpc) is 2.43. The Morgan fingerprint density at radius 1 is 1.20 bits per heavy atom. The van der Waals surface area contributed by atoms with Crippen LogP contribution in [0.3, 0.4) is 0 Å². The molecule has 5 heteroatoms. The van der Waals surface area contributed by atoms with E-state index in [1.807, 2.05) is 13.8 Å². The van der Waals surface area contributed by atoms with Gasteiger partial charge in [0.1, 0.15) is 5.03 Å². The van der Waals surface area contributed by atoms with E-state index in [0.29, 0.717) is 4.90 Å². The molecule has 0 spiro atoms. The molecule has 0 amide bonds. The van der Waals surface area contributed by atoms with E-state index in [4.69, 9.17) is 0 Å². The van der Waals surface area contributed by atoms with Crippen molar-refractivity contribution in [2.45, 2.75) is 30.3 Å². The molecular weight excluding hydrogens is 278 g/mol. The fourth-order valence-corrected chi connectivity index (χ4v) is 2.59. The Morgan fingerprint density at radius 3 is 2.65 bits per heavy atom. The van der Waals surface area contributed by atoms with Crippen molar-refractivity contribution in [2.24, 2.45) is 0 Å². The molecule has 0 atom stereocenters. The fraction of sp³-hybridized carbons (Fsp3) is 0.267. The van der Waals surface area contributed by atoms with Gasteiger partial charge in [-0.05, 0) is 42.8 Å². The zero-order chi connectivity index (χ0) is 14.5. The molecule has 106 valence electrons. The molecule has 1 N–H and O–H groups in total. The molecular formula is C15H16F2N2S. The molecule has 0 fully saturated rings. The molecule has 2 rings (SSSR count). The summed E-state index contributed by atoms with van der Waals surface area (Å²) < 4.78 is 26.1. The minimum Gasteiger partial charge on any atom is -0.313 e. The normalized spacial score (nSPS) is 10.8. The number of hydrogen-bond acceptors (Lipinski definition) is 3. The highest BCUT2D eigenvalue weighted by molar-refractivity contribution is 7.99. The molecule has 0 aliphatic heterocycles. The first-order valence-corrected chi connectivity index (χ1v) is 7.21. The van der Waals surface area contributed by atoms with E-state index in [9.17, 15) is 8.78 Å². The largest absolute Gasteiger partial charge is 0.313 e. The molecule has 0 saturated carbocycles. The molecule has 2 nitrogen and oxygen atoms in total. The molecule has 2 aromatic rings. The van der Waals surface area contributed by atoms with Crippen LogP contribution in [0.5, 0.6) is 0 Å². The minimum absolute atomic E-state index is 0.638. The second kappa shape index (κ2) is 6.81. The number of pyridine rings is 1. The van der Waals surface area contributed by atoms with Gasteiger partial charge in [0.25, 0.3) is 0 Å². The number of rotatable bonds is 5. The number of benzene rings is 1. The molecule has 1 aromatic heterocycles. The van der Waals surface area contributed by atoms with Crippen molar-refractivity contribution in [3.8, 4) is 0 Å². The van der Waals surface area contributed by atoms with Crippen molar-refractivity contribution >= 4 is 11.8 Å². The molecule has 1 aromatic carbocycles. The van der Waals surface area contributed by atoms with Crippen molar-refractivity contribution in [2.75, 3.05) is 6.54 Å². The van der Waals surface area contributed by atoms with Crippen molar-refractivity contribution in [1.82, 2.24) is 10.3 Å². The first-order valence-electron chi connectivity index (χ1n) is 6.39. The number of aryl methyl sites for hydroxylation is 1. The Morgan fingerprint density at radius 2 is 2.00 bits per heavy atom. The summed E-state index contributed by atoms with van der Waals surface area (Å²) in [6.45, 7) is 5.70. The van der Waals surface area contributed by atoms with E-state index in [2.05, 4.69) is 16.4 Å². The molecule has 0 aliphatic carbocycles. The van der Waals surface area contributed by atoms with Crippen LogP contribution in [0.25, 0.3) is 0 Å². The Kier molecular flexibility index (Phi) is 5.09. The lowest BCUT2D eigenvalue weighted by Crippen LogP contribution is -2.12. The quantitative estimate of drug-likeness (QED) is 0.904. The van der Waals surface area contributed by atoms with Crippen LogP contribution in [0, 0.1) is 18.6 Å². The summed E-state index contributed by atoms with van der Waals surface area (Å²) in [7, 11) is 0. The van der Waals surface area contributed by atoms with E-state index < -0.39 is 11.6 Å². The molecule has 0 bridgehead atoms. The van der Waals surface area contributed by atoms with Gasteiger partial charge in [0, 0.05) is 17.6 Å². The maximum atomic E-state index is 13.2. The standard InChI is InChI=1S/C15H16F2N2S/c1-3-18-8-11-6-10(2)15(19-9-11)20-12-4-5-13(16)14(17)7-12/h4-7,9,18H,3,8H2,1-2H3. The van der Waals surface area contributed by atoms with Crippen molar-refractivity contribution in [3.63, 3.8) is 0 Å². The van der Waals surface area contributed by atoms with Crippen LogP contribution < -0.4 is 5.32 Å². The number of nitrogens with zero attached hydrogens (tertiary/aromatic N) is 1. The lowest BCUT2D eigenvalue weighted by atomic mass is 10.2. The van der Waals surface area contributed by atoms with Crippen LogP contribution in [0.15, 0.2) is 40.4 Å². The highest BCUT2D eigenvalue weighted by atomic mass is 32.2. The molecule has 0 aliphatic rings. The summed E-state index contributed by atoms with van der Waals surface area (Å²) in [5.74, 6) is -1.67. The second-order valence-electron chi connectivity index (χ2n) is 4.42. The van der Waals surface area contributed by atoms with Crippen LogP contribution >= 0.6 is 11.8 Å². The summed E-state index contributed by atoms with van der Waals surface area (Å²) in [6.07, 6.45) is 1.80. The third kappa shape index (κ3) is 3.77. The number of hydrogen-bond donors (Lipinski definition) is 1. The van der Waals surface area contributed by atoms with Gasteiger partial charge in [0.2, 0.25) is 0 Å². The number of nitrogens with one attached hydrogen (secondary N) is 1. The maximum Gasteiger partial charge on any atom is 0.159 e. The van der Waals surface area contributed by atoms with Gasteiger partial charge in [-0.3, -0.25) is 0 Å². The molecule has 0 unspecified atom stereocenters. The Balaban J connectivity index is 2.14. The lowest BCUT2D eigenvalue weighted by Gasteiger charge is -2.08. The Labute approximate surface area is 121 Å². The van der Waals surface area contributed by atoms with Crippen molar-refractivity contribution < 1.29 is 8.78 Å². The molecule has 1 heterocycles. The zero-order valence-corrected chi connectivity index (χ0v) is 12.2. The molecule has 0 radical (unpaired) electrons. The van der Waals surface area contributed by atoms with Gasteiger partial charge in [0.05, 0.1) is 0 Å². The van der Waals surface area contributed by atoms with Crippen molar-refractivity contribution in [1.29, 1.82) is 0 Å². The maximum absolute atomic E-state index is 13.2. The number of halogens is 2. The lowest BCUT2D eigenvalue weighted by molar-refractivity contribution is 0.506. The van der Waals surface area contributed by atoms with E-state index in [-0.39, 0.29) is 0 Å². The molecule has 20 heavy (non-hydrogen) atoms. The van der Waals surface area contributed by atoms with Crippen LogP contribution in [0.1, 0.15) is 18.1 Å². The van der Waals surface area contributed by atoms with Gasteiger partial charge < -0.3 is 5.32 Å². The fourth-order valence-electron chi connectivity index (χ4n) is 1.75. The highest BCUT2D eigenvalue weighted by Gasteiger charge is 2.07. The average molecular weight is 294 g/mol. The first-order chi connectivity index (χ1) is 9.60. The van der Waals surface area contributed by atoms with Gasteiger partial charge in [-0.2, -0.15) is 0 Å². The Hall–Kier alpha value is -1.46. The topological polar surface area (TPSA) is 24.9 Å². The van der Waals surface area contributed by atoms with E-state index in [1.54, 1.807) is 12.3 Å². The van der Waals surface area contributed by atoms with Gasteiger partial charge in [-0.15, -0.1) is 0 Å². The van der Waals surface area contributed by atoms with Crippen LogP contribution in [0.2, 0.25) is 0 Å². The first kappa shape index (κ1) is 14.9. The zero-order valence-electron chi connectivity index (χ0n) is 11.4. The van der Waals surface area contributed by atoms with E-state index in [1.165, 1.54) is 17.8 Å². The predicted octanol–water partition coefficient (Wildman–Crippen LogP) is 3.93. The van der Waals surface area contributed by atoms with Gasteiger partial charge in [-0.25, -0.2) is 13.8 Å².